The molecule has 6 rings (SSSR count). The Morgan fingerprint density at radius 3 is 1.57 bits per heavy atom. The number of imidazole rings is 1. The summed E-state index contributed by atoms with van der Waals surface area (Å²) in [7, 11) is -0.476. The Kier molecular flexibility index (Phi) is 14.2. The molecule has 0 N–H and O–H groups in total. The molecule has 0 bridgehead atoms. The van der Waals surface area contributed by atoms with Gasteiger partial charge in [0.05, 0.1) is 18.9 Å². The minimum absolute atomic E-state index is 0.0558. The quantitative estimate of drug-likeness (QED) is 0.0425. The first-order valence-electron chi connectivity index (χ1n) is 19.7. The van der Waals surface area contributed by atoms with Crippen molar-refractivity contribution < 1.29 is 9.47 Å². The van der Waals surface area contributed by atoms with E-state index in [2.05, 4.69) is 171 Å². The molecule has 0 fully saturated rings. The fraction of sp³-hybridized carbons (Fsp3) is 0.298. The molecule has 0 spiro atoms. The molecule has 1 heterocycles. The second kappa shape index (κ2) is 19.9. The van der Waals surface area contributed by atoms with Gasteiger partial charge in [-0.2, -0.15) is 0 Å². The molecule has 4 nitrogen and oxygen atoms in total. The summed E-state index contributed by atoms with van der Waals surface area (Å²) in [6, 6.07) is 50.5. The van der Waals surface area contributed by atoms with Crippen LogP contribution in [-0.2, 0) is 6.17 Å². The summed E-state index contributed by atoms with van der Waals surface area (Å²) in [5, 5.41) is 3.94. The van der Waals surface area contributed by atoms with E-state index >= 15 is 0 Å². The van der Waals surface area contributed by atoms with Crippen LogP contribution in [0.25, 0.3) is 0 Å². The number of hydrogen-bond acceptors (Lipinski definition) is 3. The van der Waals surface area contributed by atoms with Gasteiger partial charge >= 0.3 is 0 Å². The van der Waals surface area contributed by atoms with Crippen molar-refractivity contribution >= 4 is 36.6 Å². The molecule has 5 aromatic carbocycles. The Hall–Kier alpha value is -4.81. The van der Waals surface area contributed by atoms with Crippen LogP contribution in [0.3, 0.4) is 0 Å². The van der Waals surface area contributed by atoms with Crippen LogP contribution in [0.4, 0.5) is 0 Å². The van der Waals surface area contributed by atoms with E-state index in [1.165, 1.54) is 65.2 Å². The first-order chi connectivity index (χ1) is 26.2. The van der Waals surface area contributed by atoms with Crippen LogP contribution in [-0.4, -0.2) is 38.1 Å². The van der Waals surface area contributed by atoms with Crippen molar-refractivity contribution in [1.29, 1.82) is 0 Å². The lowest BCUT2D eigenvalue weighted by Gasteiger charge is -2.35. The van der Waals surface area contributed by atoms with Crippen molar-refractivity contribution in [1.82, 2.24) is 9.55 Å². The highest BCUT2D eigenvalue weighted by Gasteiger charge is 2.41. The zero-order valence-electron chi connectivity index (χ0n) is 31.6. The topological polar surface area (TPSA) is 36.3 Å². The number of unbranched alkanes of at least 4 members (excludes halogenated alkanes) is 6. The maximum atomic E-state index is 6.45. The standard InChI is InChI=1S/C47H54BN2O2Si/c1-3-5-7-18-34-51-41-26-20-30-44(36-41)53(43-28-16-11-17-29-43,45-31-21-27-42(37-45)52-35-19-8-6-4-2)38-50-33-32-49-47(50)48-46(39-22-12-9-13-23-39)40-24-14-10-15-25-40/h9-17,20-33,36-37,46H,3-8,18-19,34-35,38H2,1-2H3. The molecule has 1 aromatic heterocycles. The smallest absolute Gasteiger partial charge is 0.215 e. The molecule has 0 aliphatic heterocycles. The molecule has 1 radical (unpaired) electrons. The molecule has 0 unspecified atom stereocenters. The van der Waals surface area contributed by atoms with Crippen LogP contribution in [0.2, 0.25) is 0 Å². The maximum Gasteiger partial charge on any atom is 0.215 e. The molecular weight excluding hydrogens is 663 g/mol. The van der Waals surface area contributed by atoms with Gasteiger partial charge in [-0.15, -0.1) is 0 Å². The van der Waals surface area contributed by atoms with E-state index in [1.807, 2.05) is 6.20 Å². The van der Waals surface area contributed by atoms with Gasteiger partial charge in [0.1, 0.15) is 11.5 Å². The van der Waals surface area contributed by atoms with Crippen LogP contribution >= 0.6 is 0 Å². The highest BCUT2D eigenvalue weighted by molar-refractivity contribution is 7.10. The molecule has 0 amide bonds. The second-order valence-electron chi connectivity index (χ2n) is 14.0. The van der Waals surface area contributed by atoms with Gasteiger partial charge in [0.2, 0.25) is 7.28 Å². The third-order valence-corrected chi connectivity index (χ3v) is 15.0. The van der Waals surface area contributed by atoms with Crippen molar-refractivity contribution in [2.45, 2.75) is 77.2 Å². The van der Waals surface area contributed by atoms with Crippen LogP contribution in [0, 0.1) is 0 Å². The molecule has 53 heavy (non-hydrogen) atoms. The van der Waals surface area contributed by atoms with Gasteiger partial charge in [-0.05, 0) is 69.6 Å². The fourth-order valence-electron chi connectivity index (χ4n) is 7.36. The lowest BCUT2D eigenvalue weighted by atomic mass is 9.58. The third kappa shape index (κ3) is 10.00. The number of rotatable bonds is 21. The van der Waals surface area contributed by atoms with Crippen molar-refractivity contribution in [3.8, 4) is 11.5 Å². The lowest BCUT2D eigenvalue weighted by Crippen LogP contribution is -2.70. The average molecular weight is 718 g/mol. The SMILES string of the molecule is CCCCCCOc1cccc([Si](Cn2ccnc2[B]C(c2ccccc2)c2ccccc2)(c2ccccc2)c2cccc(OCCCCCC)c2)c1. The van der Waals surface area contributed by atoms with Crippen LogP contribution in [0.15, 0.2) is 152 Å². The van der Waals surface area contributed by atoms with Gasteiger partial charge in [-0.3, -0.25) is 4.98 Å². The molecule has 0 aliphatic carbocycles. The molecule has 271 valence electrons. The fourth-order valence-corrected chi connectivity index (χ4v) is 12.0. The maximum absolute atomic E-state index is 6.45. The minimum Gasteiger partial charge on any atom is -0.494 e. The Bertz CT molecular complexity index is 1840. The van der Waals surface area contributed by atoms with Crippen molar-refractivity contribution in [2.75, 3.05) is 13.2 Å². The normalized spacial score (nSPS) is 11.5. The van der Waals surface area contributed by atoms with Gasteiger partial charge < -0.3 is 14.0 Å². The predicted molar refractivity (Wildman–Crippen MR) is 226 cm³/mol. The number of hydrogen-bond donors (Lipinski definition) is 0. The third-order valence-electron chi connectivity index (χ3n) is 10.2. The summed E-state index contributed by atoms with van der Waals surface area (Å²) in [6.45, 7) is 5.95. The minimum atomic E-state index is -2.81. The highest BCUT2D eigenvalue weighted by Crippen LogP contribution is 2.24. The largest absolute Gasteiger partial charge is 0.494 e. The van der Waals surface area contributed by atoms with Gasteiger partial charge in [0.25, 0.3) is 0 Å². The van der Waals surface area contributed by atoms with Crippen LogP contribution < -0.4 is 30.8 Å². The first-order valence-corrected chi connectivity index (χ1v) is 21.9. The van der Waals surface area contributed by atoms with Gasteiger partial charge in [-0.1, -0.05) is 168 Å². The number of nitrogens with zero attached hydrogens (tertiary/aromatic N) is 2. The van der Waals surface area contributed by atoms with Crippen LogP contribution in [0.5, 0.6) is 11.5 Å². The van der Waals surface area contributed by atoms with E-state index < -0.39 is 8.07 Å². The summed E-state index contributed by atoms with van der Waals surface area (Å²) >= 11 is 0. The number of benzene rings is 5. The van der Waals surface area contributed by atoms with Crippen molar-refractivity contribution in [2.24, 2.45) is 0 Å². The molecule has 0 atom stereocenters. The highest BCUT2D eigenvalue weighted by atomic mass is 28.3. The molecule has 6 aromatic rings. The molecule has 6 heteroatoms. The van der Waals surface area contributed by atoms with E-state index in [0.29, 0.717) is 0 Å². The van der Waals surface area contributed by atoms with Gasteiger partial charge in [0.15, 0.2) is 8.07 Å². The van der Waals surface area contributed by atoms with Gasteiger partial charge in [0, 0.05) is 18.6 Å². The van der Waals surface area contributed by atoms with E-state index in [0.717, 1.165) is 49.4 Å². The Morgan fingerprint density at radius 1 is 0.566 bits per heavy atom. The first kappa shape index (κ1) is 37.9. The monoisotopic (exact) mass is 717 g/mol. The van der Waals surface area contributed by atoms with Gasteiger partial charge in [-0.25, -0.2) is 0 Å². The molecule has 0 aliphatic rings. The summed E-state index contributed by atoms with van der Waals surface area (Å²) < 4.78 is 15.3. The second-order valence-corrected chi connectivity index (χ2v) is 17.9. The number of ether oxygens (including phenoxy) is 2. The zero-order valence-corrected chi connectivity index (χ0v) is 32.6. The average Bonchev–Trinajstić information content (AvgIpc) is 3.66. The summed E-state index contributed by atoms with van der Waals surface area (Å²) in [4.78, 5) is 5.02. The zero-order chi connectivity index (χ0) is 36.6. The molecule has 0 saturated carbocycles. The summed E-state index contributed by atoms with van der Waals surface area (Å²) in [6.07, 6.45) is 14.3. The summed E-state index contributed by atoms with van der Waals surface area (Å²) in [5.74, 6) is 1.92. The van der Waals surface area contributed by atoms with Crippen molar-refractivity contribution in [3.05, 3.63) is 163 Å². The Morgan fingerprint density at radius 2 is 1.06 bits per heavy atom. The molecule has 0 saturated heterocycles. The number of aromatic nitrogens is 2. The van der Waals surface area contributed by atoms with E-state index in [4.69, 9.17) is 14.5 Å². The summed E-state index contributed by atoms with van der Waals surface area (Å²) in [5.41, 5.74) is 3.45. The molecular formula is C47H54BN2O2Si. The Labute approximate surface area is 319 Å². The van der Waals surface area contributed by atoms with E-state index in [9.17, 15) is 0 Å². The lowest BCUT2D eigenvalue weighted by molar-refractivity contribution is 0.305. The predicted octanol–water partition coefficient (Wildman–Crippen LogP) is 8.63. The Balaban J connectivity index is 1.44. The van der Waals surface area contributed by atoms with Crippen molar-refractivity contribution in [3.63, 3.8) is 0 Å². The van der Waals surface area contributed by atoms with E-state index in [-0.39, 0.29) is 5.82 Å². The van der Waals surface area contributed by atoms with E-state index in [1.54, 1.807) is 0 Å². The van der Waals surface area contributed by atoms with Crippen LogP contribution in [0.1, 0.15) is 82.2 Å².